The number of rotatable bonds is 2. The lowest BCUT2D eigenvalue weighted by atomic mass is 10.5. The number of nitrogens with zero attached hydrogens (tertiary/aromatic N) is 1. The van der Waals surface area contributed by atoms with Crippen LogP contribution in [0.1, 0.15) is 0 Å². The van der Waals surface area contributed by atoms with Crippen LogP contribution in [-0.2, 0) is 10.0 Å². The van der Waals surface area contributed by atoms with Crippen molar-refractivity contribution < 1.29 is 8.42 Å². The molecule has 1 heterocycles. The molecule has 1 aromatic rings. The molecule has 0 bridgehead atoms. The van der Waals surface area contributed by atoms with Gasteiger partial charge in [0, 0.05) is 13.2 Å². The summed E-state index contributed by atoms with van der Waals surface area (Å²) in [6.45, 7) is 0. The molecule has 1 aromatic heterocycles. The van der Waals surface area contributed by atoms with Gasteiger partial charge in [0.05, 0.1) is 4.47 Å². The lowest BCUT2D eigenvalue weighted by molar-refractivity contribution is 0.590. The van der Waals surface area contributed by atoms with Crippen LogP contribution in [0.15, 0.2) is 21.6 Å². The zero-order valence-corrected chi connectivity index (χ0v) is 9.45. The van der Waals surface area contributed by atoms with Crippen molar-refractivity contribution in [3.8, 4) is 0 Å². The first-order valence-electron chi connectivity index (χ1n) is 3.07. The van der Waals surface area contributed by atoms with Gasteiger partial charge in [0.25, 0.3) is 0 Å². The fourth-order valence-electron chi connectivity index (χ4n) is 0.634. The fourth-order valence-corrected chi connectivity index (χ4v) is 1.87. The first kappa shape index (κ1) is 10.9. The fraction of sp³-hybridized carbons (Fsp3) is 0. The van der Waals surface area contributed by atoms with E-state index in [0.29, 0.717) is 4.47 Å². The lowest BCUT2D eigenvalue weighted by Gasteiger charge is -2.02. The van der Waals surface area contributed by atoms with Crippen LogP contribution < -0.4 is 4.72 Å². The van der Waals surface area contributed by atoms with Crippen LogP contribution in [0.5, 0.6) is 0 Å². The van der Waals surface area contributed by atoms with Gasteiger partial charge in [-0.25, -0.2) is 18.1 Å². The Morgan fingerprint density at radius 2 is 2.23 bits per heavy atom. The van der Waals surface area contributed by atoms with Gasteiger partial charge in [-0.3, -0.25) is 0 Å². The van der Waals surface area contributed by atoms with Gasteiger partial charge in [-0.05, 0) is 22.0 Å². The summed E-state index contributed by atoms with van der Waals surface area (Å²) in [6.07, 6.45) is 1.15. The minimum Gasteiger partial charge on any atom is -0.242 e. The molecule has 0 unspecified atom stereocenters. The summed E-state index contributed by atoms with van der Waals surface area (Å²) >= 11 is 8.65. The Morgan fingerprint density at radius 3 is 2.69 bits per heavy atom. The highest BCUT2D eigenvalue weighted by molar-refractivity contribution is 9.10. The van der Waals surface area contributed by atoms with E-state index < -0.39 is 10.0 Å². The largest absolute Gasteiger partial charge is 0.242 e. The van der Waals surface area contributed by atoms with Crippen molar-refractivity contribution in [1.82, 2.24) is 9.71 Å². The van der Waals surface area contributed by atoms with Crippen LogP contribution in [0, 0.1) is 7.05 Å². The second kappa shape index (κ2) is 3.91. The van der Waals surface area contributed by atoms with Gasteiger partial charge < -0.3 is 0 Å². The number of halogens is 2. The van der Waals surface area contributed by atoms with E-state index in [2.05, 4.69) is 28.0 Å². The van der Waals surface area contributed by atoms with Crippen molar-refractivity contribution in [3.05, 3.63) is 28.9 Å². The summed E-state index contributed by atoms with van der Waals surface area (Å²) < 4.78 is 24.7. The quantitative estimate of drug-likeness (QED) is 0.839. The molecule has 0 aliphatic heterocycles. The molecule has 1 N–H and O–H groups in total. The van der Waals surface area contributed by atoms with Crippen LogP contribution in [0.4, 0.5) is 0 Å². The molecule has 13 heavy (non-hydrogen) atoms. The third kappa shape index (κ3) is 2.40. The lowest BCUT2D eigenvalue weighted by Crippen LogP contribution is -2.16. The van der Waals surface area contributed by atoms with E-state index in [-0.39, 0.29) is 10.0 Å². The number of aromatic nitrogens is 1. The van der Waals surface area contributed by atoms with Gasteiger partial charge in [0.2, 0.25) is 10.0 Å². The van der Waals surface area contributed by atoms with Crippen LogP contribution in [0.25, 0.3) is 0 Å². The molecule has 0 saturated heterocycles. The maximum absolute atomic E-state index is 11.2. The van der Waals surface area contributed by atoms with Crippen molar-refractivity contribution in [2.75, 3.05) is 0 Å². The molecule has 71 valence electrons. The van der Waals surface area contributed by atoms with E-state index in [9.17, 15) is 8.42 Å². The molecule has 0 spiro atoms. The Bertz CT molecular complexity index is 421. The summed E-state index contributed by atoms with van der Waals surface area (Å²) in [5.74, 6) is 0. The predicted octanol–water partition coefficient (Wildman–Crippen LogP) is 1.57. The SMILES string of the molecule is [CH2]NS(=O)(=O)c1cnc(Cl)c(Br)c1. The topological polar surface area (TPSA) is 59.1 Å². The van der Waals surface area contributed by atoms with E-state index >= 15 is 0 Å². The van der Waals surface area contributed by atoms with Crippen molar-refractivity contribution in [2.24, 2.45) is 0 Å². The first-order valence-corrected chi connectivity index (χ1v) is 5.73. The second-order valence-electron chi connectivity index (χ2n) is 2.09. The van der Waals surface area contributed by atoms with Crippen LogP contribution in [-0.4, -0.2) is 13.4 Å². The molecule has 7 heteroatoms. The summed E-state index contributed by atoms with van der Waals surface area (Å²) in [5, 5.41) is 0.211. The normalized spacial score (nSPS) is 11.6. The molecule has 0 aliphatic carbocycles. The van der Waals surface area contributed by atoms with E-state index in [0.717, 1.165) is 6.20 Å². The van der Waals surface area contributed by atoms with Gasteiger partial charge in [-0.1, -0.05) is 11.6 Å². The number of hydrogen-bond acceptors (Lipinski definition) is 3. The molecule has 0 saturated carbocycles. The van der Waals surface area contributed by atoms with Crippen molar-refractivity contribution in [2.45, 2.75) is 4.90 Å². The number of hydrogen-bond donors (Lipinski definition) is 1. The van der Waals surface area contributed by atoms with Gasteiger partial charge >= 0.3 is 0 Å². The number of nitrogens with one attached hydrogen (secondary N) is 1. The van der Waals surface area contributed by atoms with Crippen LogP contribution in [0.3, 0.4) is 0 Å². The van der Waals surface area contributed by atoms with Gasteiger partial charge in [0.15, 0.2) is 0 Å². The molecule has 0 aromatic carbocycles. The third-order valence-electron chi connectivity index (χ3n) is 1.27. The van der Waals surface area contributed by atoms with E-state index in [1.165, 1.54) is 6.07 Å². The Morgan fingerprint density at radius 1 is 1.62 bits per heavy atom. The molecule has 0 atom stereocenters. The summed E-state index contributed by atoms with van der Waals surface area (Å²) in [7, 11) is -0.478. The standard InChI is InChI=1S/C6H5BrClN2O2S/c1-9-13(11,12)4-2-5(7)6(8)10-3-4/h2-3,9H,1H2. The highest BCUT2D eigenvalue weighted by Crippen LogP contribution is 2.22. The minimum atomic E-state index is -3.55. The van der Waals surface area contributed by atoms with Crippen molar-refractivity contribution in [3.63, 3.8) is 0 Å². The molecule has 1 radical (unpaired) electrons. The van der Waals surface area contributed by atoms with Gasteiger partial charge in [0.1, 0.15) is 10.0 Å². The zero-order chi connectivity index (χ0) is 10.1. The highest BCUT2D eigenvalue weighted by atomic mass is 79.9. The number of sulfonamides is 1. The Balaban J connectivity index is 3.27. The first-order chi connectivity index (χ1) is 5.97. The Kier molecular flexibility index (Phi) is 3.28. The molecule has 4 nitrogen and oxygen atoms in total. The third-order valence-corrected chi connectivity index (χ3v) is 3.63. The Hall–Kier alpha value is -0.170. The summed E-state index contributed by atoms with van der Waals surface area (Å²) in [4.78, 5) is 3.68. The maximum atomic E-state index is 11.2. The Labute approximate surface area is 89.5 Å². The minimum absolute atomic E-state index is 0.0128. The molecule has 0 fully saturated rings. The van der Waals surface area contributed by atoms with Gasteiger partial charge in [-0.15, -0.1) is 0 Å². The molecular formula is C6H5BrClN2O2S. The van der Waals surface area contributed by atoms with Crippen LogP contribution >= 0.6 is 27.5 Å². The van der Waals surface area contributed by atoms with E-state index in [1.807, 2.05) is 4.72 Å². The zero-order valence-electron chi connectivity index (χ0n) is 6.29. The highest BCUT2D eigenvalue weighted by Gasteiger charge is 2.13. The van der Waals surface area contributed by atoms with E-state index in [1.54, 1.807) is 0 Å². The predicted molar refractivity (Wildman–Crippen MR) is 52.6 cm³/mol. The van der Waals surface area contributed by atoms with E-state index in [4.69, 9.17) is 11.6 Å². The van der Waals surface area contributed by atoms with Crippen molar-refractivity contribution in [1.29, 1.82) is 0 Å². The molecule has 0 aliphatic rings. The van der Waals surface area contributed by atoms with Gasteiger partial charge in [-0.2, -0.15) is 0 Å². The maximum Gasteiger partial charge on any atom is 0.242 e. The molecule has 1 rings (SSSR count). The van der Waals surface area contributed by atoms with Crippen molar-refractivity contribution >= 4 is 37.6 Å². The van der Waals surface area contributed by atoms with Crippen LogP contribution in [0.2, 0.25) is 5.15 Å². The molecule has 0 amide bonds. The smallest absolute Gasteiger partial charge is 0.242 e. The average molecular weight is 285 g/mol. The summed E-state index contributed by atoms with van der Waals surface area (Å²) in [5.41, 5.74) is 0. The number of pyridine rings is 1. The summed E-state index contributed by atoms with van der Waals surface area (Å²) in [6, 6.07) is 1.35. The average Bonchev–Trinajstić information content (AvgIpc) is 2.09. The monoisotopic (exact) mass is 283 g/mol. The second-order valence-corrected chi connectivity index (χ2v) is 5.07. The molecular weight excluding hydrogens is 280 g/mol.